The number of carbonyl (C=O) groups excluding carboxylic acids is 1. The van der Waals surface area contributed by atoms with Gasteiger partial charge in [-0.3, -0.25) is 9.89 Å². The highest BCUT2D eigenvalue weighted by molar-refractivity contribution is 5.88. The maximum atomic E-state index is 12.2. The third-order valence-corrected chi connectivity index (χ3v) is 4.77. The van der Waals surface area contributed by atoms with Crippen molar-refractivity contribution in [2.45, 2.75) is 57.6 Å². The van der Waals surface area contributed by atoms with Crippen molar-refractivity contribution >= 4 is 11.9 Å². The maximum absolute atomic E-state index is 12.2. The number of hydrogen-bond acceptors (Lipinski definition) is 5. The molecule has 0 atom stereocenters. The standard InChI is InChI=1S/C17H32N4O2/c1-16(2,3)23-15(22)21-11-10-18-14(12-21)19-13-17(20(4)5)8-6-7-9-17/h6-13H2,1-5H3,(H,18,19). The second-order valence-electron chi connectivity index (χ2n) is 7.91. The topological polar surface area (TPSA) is 57.2 Å². The van der Waals surface area contributed by atoms with Crippen LogP contribution in [0.2, 0.25) is 0 Å². The zero-order valence-electron chi connectivity index (χ0n) is 15.3. The fraction of sp³-hybridized carbons (Fsp3) is 0.882. The molecule has 132 valence electrons. The van der Waals surface area contributed by atoms with Gasteiger partial charge in [-0.1, -0.05) is 12.8 Å². The molecule has 2 rings (SSSR count). The molecule has 0 aromatic rings. The average molecular weight is 324 g/mol. The smallest absolute Gasteiger partial charge is 0.410 e. The number of nitrogens with zero attached hydrogens (tertiary/aromatic N) is 3. The van der Waals surface area contributed by atoms with Crippen molar-refractivity contribution in [1.29, 1.82) is 0 Å². The molecule has 0 radical (unpaired) electrons. The van der Waals surface area contributed by atoms with E-state index in [9.17, 15) is 4.79 Å². The van der Waals surface area contributed by atoms with Gasteiger partial charge >= 0.3 is 6.09 Å². The number of ether oxygens (including phenoxy) is 1. The fourth-order valence-electron chi connectivity index (χ4n) is 3.29. The molecule has 1 saturated carbocycles. The van der Waals surface area contributed by atoms with Gasteiger partial charge in [-0.25, -0.2) is 4.79 Å². The number of hydrogen-bond donors (Lipinski definition) is 1. The second-order valence-corrected chi connectivity index (χ2v) is 7.91. The van der Waals surface area contributed by atoms with Crippen molar-refractivity contribution in [2.75, 3.05) is 40.3 Å². The summed E-state index contributed by atoms with van der Waals surface area (Å²) in [6, 6.07) is 0. The van der Waals surface area contributed by atoms with E-state index in [0.29, 0.717) is 19.6 Å². The summed E-state index contributed by atoms with van der Waals surface area (Å²) in [7, 11) is 4.31. The number of carbonyl (C=O) groups is 1. The molecule has 0 saturated heterocycles. The van der Waals surface area contributed by atoms with E-state index in [1.165, 1.54) is 25.7 Å². The second kappa shape index (κ2) is 7.07. The third-order valence-electron chi connectivity index (χ3n) is 4.77. The molecule has 1 heterocycles. The van der Waals surface area contributed by atoms with Gasteiger partial charge in [0.2, 0.25) is 0 Å². The number of aliphatic imine (C=N–C) groups is 1. The lowest BCUT2D eigenvalue weighted by atomic mass is 9.96. The fourth-order valence-corrected chi connectivity index (χ4v) is 3.29. The summed E-state index contributed by atoms with van der Waals surface area (Å²) >= 11 is 0. The summed E-state index contributed by atoms with van der Waals surface area (Å²) in [4.78, 5) is 20.8. The van der Waals surface area contributed by atoms with Gasteiger partial charge in [-0.05, 0) is 47.7 Å². The highest BCUT2D eigenvalue weighted by Gasteiger charge is 2.36. The van der Waals surface area contributed by atoms with E-state index < -0.39 is 5.60 Å². The quantitative estimate of drug-likeness (QED) is 0.864. The molecule has 6 nitrogen and oxygen atoms in total. The third kappa shape index (κ3) is 4.83. The van der Waals surface area contributed by atoms with E-state index in [-0.39, 0.29) is 11.6 Å². The Bertz CT molecular complexity index is 448. The Morgan fingerprint density at radius 2 is 2.00 bits per heavy atom. The van der Waals surface area contributed by atoms with Crippen LogP contribution in [-0.4, -0.2) is 73.1 Å². The Morgan fingerprint density at radius 3 is 2.57 bits per heavy atom. The summed E-state index contributed by atoms with van der Waals surface area (Å²) in [5.74, 6) is 0.898. The van der Waals surface area contributed by atoms with Crippen molar-refractivity contribution in [3.05, 3.63) is 0 Å². The maximum Gasteiger partial charge on any atom is 0.410 e. The predicted octanol–water partition coefficient (Wildman–Crippen LogP) is 2.10. The molecule has 1 amide bonds. The van der Waals surface area contributed by atoms with Crippen LogP contribution in [0.25, 0.3) is 0 Å². The Kier molecular flexibility index (Phi) is 5.55. The van der Waals surface area contributed by atoms with E-state index in [0.717, 1.165) is 12.4 Å². The number of rotatable bonds is 3. The lowest BCUT2D eigenvalue weighted by Crippen LogP contribution is -2.54. The molecule has 0 bridgehead atoms. The molecular weight excluding hydrogens is 292 g/mol. The first-order chi connectivity index (χ1) is 10.7. The van der Waals surface area contributed by atoms with E-state index in [1.807, 2.05) is 20.8 Å². The first-order valence-electron chi connectivity index (χ1n) is 8.64. The Morgan fingerprint density at radius 1 is 1.35 bits per heavy atom. The van der Waals surface area contributed by atoms with Gasteiger partial charge < -0.3 is 15.0 Å². The number of amides is 1. The van der Waals surface area contributed by atoms with Gasteiger partial charge in [-0.15, -0.1) is 0 Å². The summed E-state index contributed by atoms with van der Waals surface area (Å²) in [5.41, 5.74) is -0.241. The molecule has 1 aliphatic heterocycles. The van der Waals surface area contributed by atoms with Crippen LogP contribution in [0.4, 0.5) is 4.79 Å². The predicted molar refractivity (Wildman–Crippen MR) is 93.0 cm³/mol. The van der Waals surface area contributed by atoms with Gasteiger partial charge in [0, 0.05) is 18.6 Å². The Labute approximate surface area is 140 Å². The van der Waals surface area contributed by atoms with Crippen LogP contribution in [0.5, 0.6) is 0 Å². The molecule has 23 heavy (non-hydrogen) atoms. The van der Waals surface area contributed by atoms with Crippen molar-refractivity contribution in [3.8, 4) is 0 Å². The highest BCUT2D eigenvalue weighted by atomic mass is 16.6. The number of likely N-dealkylation sites (N-methyl/N-ethyl adjacent to an activating group) is 1. The van der Waals surface area contributed by atoms with Crippen LogP contribution < -0.4 is 5.32 Å². The van der Waals surface area contributed by atoms with Gasteiger partial charge in [0.05, 0.1) is 13.1 Å². The largest absolute Gasteiger partial charge is 0.444 e. The summed E-state index contributed by atoms with van der Waals surface area (Å²) < 4.78 is 5.46. The van der Waals surface area contributed by atoms with Crippen molar-refractivity contribution in [3.63, 3.8) is 0 Å². The van der Waals surface area contributed by atoms with Crippen LogP contribution in [0, 0.1) is 0 Å². The zero-order chi connectivity index (χ0) is 17.1. The summed E-state index contributed by atoms with van der Waals surface area (Å²) in [6.45, 7) is 8.34. The lowest BCUT2D eigenvalue weighted by Gasteiger charge is -2.38. The van der Waals surface area contributed by atoms with Gasteiger partial charge in [0.1, 0.15) is 11.4 Å². The Balaban J connectivity index is 1.89. The van der Waals surface area contributed by atoms with Crippen molar-refractivity contribution in [2.24, 2.45) is 4.99 Å². The average Bonchev–Trinajstić information content (AvgIpc) is 2.94. The van der Waals surface area contributed by atoms with Crippen LogP contribution >= 0.6 is 0 Å². The van der Waals surface area contributed by atoms with Crippen LogP contribution in [-0.2, 0) is 4.74 Å². The monoisotopic (exact) mass is 324 g/mol. The van der Waals surface area contributed by atoms with Crippen LogP contribution in [0.15, 0.2) is 4.99 Å². The molecule has 0 aromatic carbocycles. The van der Waals surface area contributed by atoms with Crippen molar-refractivity contribution < 1.29 is 9.53 Å². The molecule has 1 aliphatic carbocycles. The molecule has 0 aromatic heterocycles. The van der Waals surface area contributed by atoms with Crippen molar-refractivity contribution in [1.82, 2.24) is 15.1 Å². The van der Waals surface area contributed by atoms with Gasteiger partial charge in [0.15, 0.2) is 0 Å². The van der Waals surface area contributed by atoms with Gasteiger partial charge in [0.25, 0.3) is 0 Å². The van der Waals surface area contributed by atoms with Crippen LogP contribution in [0.3, 0.4) is 0 Å². The SMILES string of the molecule is CN(C)C1(CNC2=NCCN(C(=O)OC(C)(C)C)C2)CCCC1. The van der Waals surface area contributed by atoms with E-state index in [1.54, 1.807) is 4.90 Å². The minimum Gasteiger partial charge on any atom is -0.444 e. The van der Waals surface area contributed by atoms with Gasteiger partial charge in [-0.2, -0.15) is 0 Å². The molecule has 0 unspecified atom stereocenters. The summed E-state index contributed by atoms with van der Waals surface area (Å²) in [6.07, 6.45) is 4.76. The number of amidine groups is 1. The zero-order valence-corrected chi connectivity index (χ0v) is 15.3. The first-order valence-corrected chi connectivity index (χ1v) is 8.64. The normalized spacial score (nSPS) is 21.3. The molecule has 1 N–H and O–H groups in total. The first kappa shape index (κ1) is 18.0. The molecule has 2 aliphatic rings. The van der Waals surface area contributed by atoms with E-state index in [2.05, 4.69) is 29.3 Å². The molecule has 6 heteroatoms. The van der Waals surface area contributed by atoms with E-state index in [4.69, 9.17) is 4.74 Å². The molecule has 1 fully saturated rings. The minimum atomic E-state index is -0.460. The molecule has 0 spiro atoms. The van der Waals surface area contributed by atoms with Crippen LogP contribution in [0.1, 0.15) is 46.5 Å². The van der Waals surface area contributed by atoms with E-state index >= 15 is 0 Å². The molecular formula is C17H32N4O2. The minimum absolute atomic E-state index is 0.219. The highest BCUT2D eigenvalue weighted by Crippen LogP contribution is 2.33. The Hall–Kier alpha value is -1.30. The number of nitrogens with one attached hydrogen (secondary N) is 1. The summed E-state index contributed by atoms with van der Waals surface area (Å²) in [5, 5.41) is 3.49. The lowest BCUT2D eigenvalue weighted by molar-refractivity contribution is 0.0276.